The molecule has 0 aliphatic carbocycles. The molecule has 4 rings (SSSR count). The van der Waals surface area contributed by atoms with Gasteiger partial charge in [-0.25, -0.2) is 9.18 Å². The van der Waals surface area contributed by atoms with E-state index in [1.54, 1.807) is 37.3 Å². The molecule has 0 unspecified atom stereocenters. The van der Waals surface area contributed by atoms with Crippen molar-refractivity contribution in [1.82, 2.24) is 19.3 Å². The molecule has 0 atom stereocenters. The molecule has 0 spiro atoms. The second-order valence-electron chi connectivity index (χ2n) is 6.08. The third kappa shape index (κ3) is 3.01. The molecule has 2 heterocycles. The molecule has 9 heteroatoms. The molecular weight excluding hydrogens is 387 g/mol. The first kappa shape index (κ1) is 18.1. The predicted molar refractivity (Wildman–Crippen MR) is 102 cm³/mol. The van der Waals surface area contributed by atoms with E-state index in [0.717, 1.165) is 4.57 Å². The first-order chi connectivity index (χ1) is 13.5. The molecular formula is C19H14ClFN4O3. The van der Waals surface area contributed by atoms with Crippen LogP contribution >= 0.6 is 11.6 Å². The summed E-state index contributed by atoms with van der Waals surface area (Å²) in [7, 11) is 0. The normalized spacial score (nSPS) is 11.2. The largest absolute Gasteiger partial charge is 0.337 e. The summed E-state index contributed by atoms with van der Waals surface area (Å²) in [6.07, 6.45) is 0. The third-order valence-corrected chi connectivity index (χ3v) is 4.69. The topological polar surface area (TPSA) is 82.9 Å². The van der Waals surface area contributed by atoms with E-state index in [9.17, 15) is 14.0 Å². The average Bonchev–Trinajstić information content (AvgIpc) is 3.16. The van der Waals surface area contributed by atoms with E-state index in [2.05, 4.69) is 10.1 Å². The fourth-order valence-corrected chi connectivity index (χ4v) is 3.13. The van der Waals surface area contributed by atoms with Crippen LogP contribution in [0.15, 0.2) is 56.6 Å². The molecule has 0 bridgehead atoms. The molecule has 4 aromatic rings. The zero-order valence-corrected chi connectivity index (χ0v) is 15.5. The van der Waals surface area contributed by atoms with Gasteiger partial charge in [0.25, 0.3) is 5.56 Å². The lowest BCUT2D eigenvalue weighted by atomic mass is 10.2. The lowest BCUT2D eigenvalue weighted by molar-refractivity contribution is 0.369. The summed E-state index contributed by atoms with van der Waals surface area (Å²) in [6.45, 7) is 1.94. The van der Waals surface area contributed by atoms with Crippen molar-refractivity contribution < 1.29 is 8.91 Å². The van der Waals surface area contributed by atoms with Crippen molar-refractivity contribution >= 4 is 22.5 Å². The second kappa shape index (κ2) is 7.05. The Hall–Kier alpha value is -3.26. The molecule has 142 valence electrons. The summed E-state index contributed by atoms with van der Waals surface area (Å²) >= 11 is 5.69. The number of para-hydroxylation sites is 1. The number of rotatable bonds is 4. The molecule has 2 aromatic heterocycles. The number of hydrogen-bond acceptors (Lipinski definition) is 5. The van der Waals surface area contributed by atoms with Crippen LogP contribution in [0.5, 0.6) is 0 Å². The maximum absolute atomic E-state index is 13.7. The van der Waals surface area contributed by atoms with Crippen LogP contribution in [0.25, 0.3) is 22.3 Å². The lowest BCUT2D eigenvalue weighted by Gasteiger charge is -2.11. The minimum atomic E-state index is -0.595. The molecule has 28 heavy (non-hydrogen) atoms. The molecule has 0 saturated heterocycles. The fourth-order valence-electron chi connectivity index (χ4n) is 3.01. The smallest absolute Gasteiger partial charge is 0.331 e. The van der Waals surface area contributed by atoms with E-state index in [0.29, 0.717) is 16.5 Å². The van der Waals surface area contributed by atoms with Crippen LogP contribution in [-0.4, -0.2) is 19.3 Å². The van der Waals surface area contributed by atoms with Gasteiger partial charge in [-0.3, -0.25) is 13.9 Å². The summed E-state index contributed by atoms with van der Waals surface area (Å²) in [4.78, 5) is 29.5. The molecule has 0 amide bonds. The van der Waals surface area contributed by atoms with E-state index >= 15 is 0 Å². The van der Waals surface area contributed by atoms with E-state index in [-0.39, 0.29) is 35.4 Å². The van der Waals surface area contributed by atoms with Gasteiger partial charge < -0.3 is 4.52 Å². The molecule has 0 N–H and O–H groups in total. The maximum atomic E-state index is 13.7. The fraction of sp³-hybridized carbons (Fsp3) is 0.158. The number of benzene rings is 2. The van der Waals surface area contributed by atoms with Gasteiger partial charge in [0, 0.05) is 12.1 Å². The van der Waals surface area contributed by atoms with Gasteiger partial charge in [0.05, 0.1) is 15.9 Å². The van der Waals surface area contributed by atoms with Gasteiger partial charge in [0.2, 0.25) is 11.7 Å². The van der Waals surface area contributed by atoms with E-state index in [1.165, 1.54) is 16.7 Å². The highest BCUT2D eigenvalue weighted by molar-refractivity contribution is 6.30. The van der Waals surface area contributed by atoms with Crippen molar-refractivity contribution in [1.29, 1.82) is 0 Å². The Morgan fingerprint density at radius 2 is 1.93 bits per heavy atom. The minimum Gasteiger partial charge on any atom is -0.337 e. The zero-order chi connectivity index (χ0) is 19.8. The quantitative estimate of drug-likeness (QED) is 0.525. The van der Waals surface area contributed by atoms with Crippen molar-refractivity contribution in [2.24, 2.45) is 0 Å². The number of hydrogen-bond donors (Lipinski definition) is 0. The molecule has 0 aliphatic rings. The highest BCUT2D eigenvalue weighted by atomic mass is 35.5. The van der Waals surface area contributed by atoms with Crippen LogP contribution in [0.1, 0.15) is 12.8 Å². The van der Waals surface area contributed by atoms with E-state index in [1.807, 2.05) is 0 Å². The van der Waals surface area contributed by atoms with Gasteiger partial charge in [-0.1, -0.05) is 28.9 Å². The van der Waals surface area contributed by atoms with Gasteiger partial charge in [-0.05, 0) is 37.3 Å². The standard InChI is InChI=1S/C19H14ClFN4O3/c1-2-24-18(26)12-5-3-4-6-15(12)25(19(24)27)10-16-22-17(23-28-16)11-7-8-13(20)14(21)9-11/h3-9H,2,10H2,1H3. The number of aromatic nitrogens is 4. The molecule has 0 fully saturated rings. The van der Waals surface area contributed by atoms with Gasteiger partial charge in [0.15, 0.2) is 0 Å². The molecule has 0 aliphatic heterocycles. The minimum absolute atomic E-state index is 0.00712. The second-order valence-corrected chi connectivity index (χ2v) is 6.48. The maximum Gasteiger partial charge on any atom is 0.331 e. The molecule has 0 radical (unpaired) electrons. The van der Waals surface area contributed by atoms with Crippen molar-refractivity contribution in [2.75, 3.05) is 0 Å². The summed E-state index contributed by atoms with van der Waals surface area (Å²) in [5, 5.41) is 4.26. The van der Waals surface area contributed by atoms with Crippen LogP contribution in [0.3, 0.4) is 0 Å². The summed E-state index contributed by atoms with van der Waals surface area (Å²) in [5.74, 6) is -0.270. The molecule has 2 aromatic carbocycles. The average molecular weight is 401 g/mol. The Morgan fingerprint density at radius 3 is 2.68 bits per heavy atom. The Balaban J connectivity index is 1.79. The van der Waals surface area contributed by atoms with Gasteiger partial charge in [-0.15, -0.1) is 0 Å². The first-order valence-corrected chi connectivity index (χ1v) is 8.87. The van der Waals surface area contributed by atoms with E-state index < -0.39 is 11.5 Å². The zero-order valence-electron chi connectivity index (χ0n) is 14.7. The monoisotopic (exact) mass is 400 g/mol. The summed E-state index contributed by atoms with van der Waals surface area (Å²) in [5.41, 5.74) is 0.0535. The Labute approximate surface area is 162 Å². The number of nitrogens with zero attached hydrogens (tertiary/aromatic N) is 4. The van der Waals surface area contributed by atoms with Gasteiger partial charge in [0.1, 0.15) is 12.4 Å². The Morgan fingerprint density at radius 1 is 1.14 bits per heavy atom. The Kier molecular flexibility index (Phi) is 4.56. The van der Waals surface area contributed by atoms with Crippen LogP contribution in [0.4, 0.5) is 4.39 Å². The third-order valence-electron chi connectivity index (χ3n) is 4.39. The van der Waals surface area contributed by atoms with Crippen molar-refractivity contribution in [3.63, 3.8) is 0 Å². The van der Waals surface area contributed by atoms with Gasteiger partial charge in [-0.2, -0.15) is 4.98 Å². The predicted octanol–water partition coefficient (Wildman–Crippen LogP) is 3.07. The van der Waals surface area contributed by atoms with Crippen molar-refractivity contribution in [2.45, 2.75) is 20.0 Å². The molecule has 7 nitrogen and oxygen atoms in total. The number of halogens is 2. The highest BCUT2D eigenvalue weighted by Gasteiger charge is 2.16. The summed E-state index contributed by atoms with van der Waals surface area (Å²) in [6, 6.07) is 11.0. The van der Waals surface area contributed by atoms with Gasteiger partial charge >= 0.3 is 5.69 Å². The highest BCUT2D eigenvalue weighted by Crippen LogP contribution is 2.22. The molecule has 0 saturated carbocycles. The van der Waals surface area contributed by atoms with Crippen LogP contribution in [0, 0.1) is 5.82 Å². The first-order valence-electron chi connectivity index (χ1n) is 8.50. The Bertz CT molecular complexity index is 1310. The lowest BCUT2D eigenvalue weighted by Crippen LogP contribution is -2.39. The SMILES string of the molecule is CCn1c(=O)c2ccccc2n(Cc2nc(-c3ccc(Cl)c(F)c3)no2)c1=O. The van der Waals surface area contributed by atoms with Crippen LogP contribution in [0.2, 0.25) is 5.02 Å². The van der Waals surface area contributed by atoms with E-state index in [4.69, 9.17) is 16.1 Å². The van der Waals surface area contributed by atoms with Crippen molar-refractivity contribution in [3.8, 4) is 11.4 Å². The van der Waals surface area contributed by atoms with Crippen LogP contribution < -0.4 is 11.2 Å². The van der Waals surface area contributed by atoms with Crippen LogP contribution in [-0.2, 0) is 13.1 Å². The number of fused-ring (bicyclic) bond motifs is 1. The van der Waals surface area contributed by atoms with Crippen molar-refractivity contribution in [3.05, 3.63) is 80.0 Å². The summed E-state index contributed by atoms with van der Waals surface area (Å²) < 4.78 is 21.5.